The number of nitrogens with one attached hydrogen (secondary N) is 1. The van der Waals surface area contributed by atoms with E-state index < -0.39 is 11.3 Å². The molecule has 1 N–H and O–H groups in total. The number of rotatable bonds is 5. The van der Waals surface area contributed by atoms with Gasteiger partial charge >= 0.3 is 0 Å². The minimum Gasteiger partial charge on any atom is -0.497 e. The lowest BCUT2D eigenvalue weighted by atomic mass is 9.71. The molecule has 1 spiro atoms. The lowest BCUT2D eigenvalue weighted by Crippen LogP contribution is -2.60. The summed E-state index contributed by atoms with van der Waals surface area (Å²) in [6.45, 7) is 1.33. The van der Waals surface area contributed by atoms with Gasteiger partial charge in [-0.3, -0.25) is 14.8 Å². The molecule has 2 aliphatic heterocycles. The molecule has 4 rings (SSSR count). The molecule has 29 heavy (non-hydrogen) atoms. The van der Waals surface area contributed by atoms with Gasteiger partial charge < -0.3 is 9.64 Å². The smallest absolute Gasteiger partial charge is 0.261 e. The molecule has 0 saturated carbocycles. The Morgan fingerprint density at radius 3 is 2.86 bits per heavy atom. The third-order valence-corrected chi connectivity index (χ3v) is 5.86. The van der Waals surface area contributed by atoms with Gasteiger partial charge in [-0.2, -0.15) is 5.10 Å². The molecule has 156 valence electrons. The van der Waals surface area contributed by atoms with Crippen LogP contribution in [0.4, 0.5) is 8.78 Å². The maximum absolute atomic E-state index is 14.7. The summed E-state index contributed by atoms with van der Waals surface area (Å²) >= 11 is 0. The second kappa shape index (κ2) is 7.74. The summed E-state index contributed by atoms with van der Waals surface area (Å²) in [5.74, 6) is -2.34. The Hall–Kier alpha value is -2.48. The summed E-state index contributed by atoms with van der Waals surface area (Å²) in [5.41, 5.74) is 0.666. The Morgan fingerprint density at radius 1 is 1.24 bits per heavy atom. The second-order valence-corrected chi connectivity index (χ2v) is 8.22. The third-order valence-electron chi connectivity index (χ3n) is 5.86. The first-order valence-electron chi connectivity index (χ1n) is 9.90. The molecule has 8 heteroatoms. The number of ether oxygens (including phenoxy) is 1. The fourth-order valence-corrected chi connectivity index (χ4v) is 4.75. The average molecular weight is 404 g/mol. The number of piperidine rings is 2. The van der Waals surface area contributed by atoms with Gasteiger partial charge in [-0.25, -0.2) is 8.78 Å². The second-order valence-electron chi connectivity index (χ2n) is 8.22. The van der Waals surface area contributed by atoms with E-state index in [0.29, 0.717) is 32.6 Å². The molecule has 2 aromatic rings. The third kappa shape index (κ3) is 4.27. The van der Waals surface area contributed by atoms with E-state index in [2.05, 4.69) is 10.2 Å². The number of nitrogens with zero attached hydrogens (tertiary/aromatic N) is 3. The van der Waals surface area contributed by atoms with Gasteiger partial charge in [-0.1, -0.05) is 12.1 Å². The van der Waals surface area contributed by atoms with Gasteiger partial charge in [0, 0.05) is 44.5 Å². The van der Waals surface area contributed by atoms with E-state index in [1.165, 1.54) is 0 Å². The fraction of sp³-hybridized carbons (Fsp3) is 0.524. The highest BCUT2D eigenvalue weighted by Crippen LogP contribution is 2.45. The Morgan fingerprint density at radius 2 is 2.10 bits per heavy atom. The predicted octanol–water partition coefficient (Wildman–Crippen LogP) is 3.07. The molecule has 0 unspecified atom stereocenters. The summed E-state index contributed by atoms with van der Waals surface area (Å²) in [4.78, 5) is 16.8. The Kier molecular flexibility index (Phi) is 5.29. The molecular formula is C21H26F2N4O2. The number of benzene rings is 1. The number of aromatic nitrogens is 2. The highest BCUT2D eigenvalue weighted by Gasteiger charge is 2.55. The molecule has 2 saturated heterocycles. The number of hydrogen-bond donors (Lipinski definition) is 1. The van der Waals surface area contributed by atoms with Crippen LogP contribution < -0.4 is 4.74 Å². The quantitative estimate of drug-likeness (QED) is 0.832. The zero-order valence-corrected chi connectivity index (χ0v) is 16.5. The van der Waals surface area contributed by atoms with E-state index >= 15 is 0 Å². The van der Waals surface area contributed by atoms with Gasteiger partial charge in [0.05, 0.1) is 19.1 Å². The number of methoxy groups -OCH3 is 1. The number of likely N-dealkylation sites (tertiary alicyclic amines) is 2. The van der Waals surface area contributed by atoms with Crippen molar-refractivity contribution in [2.45, 2.75) is 38.3 Å². The topological polar surface area (TPSA) is 61.5 Å². The summed E-state index contributed by atoms with van der Waals surface area (Å²) in [5, 5.41) is 6.71. The van der Waals surface area contributed by atoms with Crippen molar-refractivity contribution >= 4 is 5.91 Å². The number of hydrogen-bond acceptors (Lipinski definition) is 4. The van der Waals surface area contributed by atoms with Gasteiger partial charge in [-0.05, 0) is 36.6 Å². The van der Waals surface area contributed by atoms with Gasteiger partial charge in [-0.15, -0.1) is 0 Å². The van der Waals surface area contributed by atoms with Crippen molar-refractivity contribution in [1.82, 2.24) is 20.0 Å². The molecule has 6 nitrogen and oxygen atoms in total. The molecule has 2 aliphatic rings. The standard InChI is InChI=1S/C21H26F2N4O2/c1-29-18-5-2-4-16(10-18)11-27-9-3-7-20(19(27)28)13-21(22,23)15-26(14-20)12-17-6-8-24-25-17/h2,4-6,8,10H,3,7,9,11-15H2,1H3,(H,24,25)/t20-/m1/s1. The zero-order chi connectivity index (χ0) is 20.5. The minimum atomic E-state index is -2.90. The maximum atomic E-state index is 14.7. The number of amides is 1. The summed E-state index contributed by atoms with van der Waals surface area (Å²) in [7, 11) is 1.60. The van der Waals surface area contributed by atoms with Gasteiger partial charge in [0.25, 0.3) is 5.92 Å². The molecule has 3 heterocycles. The highest BCUT2D eigenvalue weighted by atomic mass is 19.3. The largest absolute Gasteiger partial charge is 0.497 e. The highest BCUT2D eigenvalue weighted by molar-refractivity contribution is 5.84. The van der Waals surface area contributed by atoms with Crippen LogP contribution >= 0.6 is 0 Å². The number of H-pyrrole nitrogens is 1. The van der Waals surface area contributed by atoms with E-state index in [9.17, 15) is 13.6 Å². The van der Waals surface area contributed by atoms with Crippen molar-refractivity contribution in [3.8, 4) is 5.75 Å². The minimum absolute atomic E-state index is 0.166. The van der Waals surface area contributed by atoms with E-state index in [0.717, 1.165) is 23.4 Å². The van der Waals surface area contributed by atoms with Crippen LogP contribution in [0.2, 0.25) is 0 Å². The predicted molar refractivity (Wildman–Crippen MR) is 104 cm³/mol. The van der Waals surface area contributed by atoms with Crippen LogP contribution in [0, 0.1) is 5.41 Å². The van der Waals surface area contributed by atoms with Crippen molar-refractivity contribution in [3.05, 3.63) is 47.8 Å². The van der Waals surface area contributed by atoms with Crippen molar-refractivity contribution in [2.75, 3.05) is 26.7 Å². The Labute approximate surface area is 168 Å². The molecule has 0 radical (unpaired) electrons. The number of halogens is 2. The van der Waals surface area contributed by atoms with E-state index in [1.54, 1.807) is 29.2 Å². The van der Waals surface area contributed by atoms with Crippen molar-refractivity contribution < 1.29 is 18.3 Å². The van der Waals surface area contributed by atoms with Gasteiger partial charge in [0.15, 0.2) is 0 Å². The maximum Gasteiger partial charge on any atom is 0.261 e. The van der Waals surface area contributed by atoms with Crippen LogP contribution in [0.3, 0.4) is 0 Å². The monoisotopic (exact) mass is 404 g/mol. The first-order chi connectivity index (χ1) is 13.9. The number of carbonyl (C=O) groups excluding carboxylic acids is 1. The van der Waals surface area contributed by atoms with Crippen molar-refractivity contribution in [2.24, 2.45) is 5.41 Å². The molecule has 1 aromatic heterocycles. The number of aromatic amines is 1. The van der Waals surface area contributed by atoms with Gasteiger partial charge in [0.1, 0.15) is 5.75 Å². The lowest BCUT2D eigenvalue weighted by molar-refractivity contribution is -0.170. The first-order valence-corrected chi connectivity index (χ1v) is 9.90. The SMILES string of the molecule is COc1cccc(CN2CCC[C@@]3(CN(Cc4ccn[nH]4)CC(F)(F)C3)C2=O)c1. The van der Waals surface area contributed by atoms with Crippen LogP contribution in [-0.4, -0.2) is 58.6 Å². The van der Waals surface area contributed by atoms with Crippen molar-refractivity contribution in [3.63, 3.8) is 0 Å². The van der Waals surface area contributed by atoms with Crippen LogP contribution in [0.15, 0.2) is 36.5 Å². The van der Waals surface area contributed by atoms with Crippen molar-refractivity contribution in [1.29, 1.82) is 0 Å². The summed E-state index contributed by atoms with van der Waals surface area (Å²) < 4.78 is 34.6. The molecule has 0 bridgehead atoms. The molecule has 1 amide bonds. The van der Waals surface area contributed by atoms with E-state index in [1.807, 2.05) is 24.3 Å². The van der Waals surface area contributed by atoms with Crippen LogP contribution in [0.1, 0.15) is 30.5 Å². The van der Waals surface area contributed by atoms with E-state index in [-0.39, 0.29) is 18.9 Å². The Bertz CT molecular complexity index is 858. The van der Waals surface area contributed by atoms with E-state index in [4.69, 9.17) is 4.74 Å². The number of alkyl halides is 2. The van der Waals surface area contributed by atoms with Crippen LogP contribution in [0.5, 0.6) is 5.75 Å². The molecule has 2 fully saturated rings. The van der Waals surface area contributed by atoms with Gasteiger partial charge in [0.2, 0.25) is 5.91 Å². The molecule has 1 aromatic carbocycles. The molecule has 0 aliphatic carbocycles. The summed E-state index contributed by atoms with van der Waals surface area (Å²) in [6.07, 6.45) is 2.45. The Balaban J connectivity index is 1.54. The van der Waals surface area contributed by atoms with Crippen LogP contribution in [-0.2, 0) is 17.9 Å². The fourth-order valence-electron chi connectivity index (χ4n) is 4.75. The normalized spacial score (nSPS) is 24.8. The number of carbonyl (C=O) groups is 1. The molecule has 1 atom stereocenters. The molecular weight excluding hydrogens is 378 g/mol. The first kappa shape index (κ1) is 19.8. The summed E-state index contributed by atoms with van der Waals surface area (Å²) in [6, 6.07) is 9.31. The average Bonchev–Trinajstić information content (AvgIpc) is 3.17. The van der Waals surface area contributed by atoms with Crippen LogP contribution in [0.25, 0.3) is 0 Å². The lowest BCUT2D eigenvalue weighted by Gasteiger charge is -2.49. The zero-order valence-electron chi connectivity index (χ0n) is 16.5.